The monoisotopic (exact) mass is 310 g/mol. The van der Waals surface area contributed by atoms with Crippen LogP contribution in [0, 0.1) is 0 Å². The maximum absolute atomic E-state index is 12.1. The Balaban J connectivity index is 2.11. The highest BCUT2D eigenvalue weighted by molar-refractivity contribution is 6.31. The minimum Gasteiger partial charge on any atom is -0.459 e. The van der Waals surface area contributed by atoms with Gasteiger partial charge in [-0.2, -0.15) is 0 Å². The van der Waals surface area contributed by atoms with Gasteiger partial charge in [0.2, 0.25) is 0 Å². The van der Waals surface area contributed by atoms with Crippen LogP contribution in [0.1, 0.15) is 25.6 Å². The molecule has 0 radical (unpaired) electrons. The van der Waals surface area contributed by atoms with E-state index in [4.69, 9.17) is 21.1 Å². The molecule has 1 heterocycles. The molecule has 0 bridgehead atoms. The molecule has 0 fully saturated rings. The van der Waals surface area contributed by atoms with E-state index in [1.54, 1.807) is 12.1 Å². The average Bonchev–Trinajstić information content (AvgIpc) is 2.87. The summed E-state index contributed by atoms with van der Waals surface area (Å²) in [6, 6.07) is 6.77. The first kappa shape index (κ1) is 15.7. The molecule has 1 atom stereocenters. The zero-order chi connectivity index (χ0) is 15.4. The standard InChI is InChI=1S/C15H19ClN2O3/c1-3-18(6-7-19)15(20)17-10(2)14-9-11-8-12(16)4-5-13(11)21-14/h4-5,8-10,19H,3,6-7H2,1-2H3,(H,17,20). The third-order valence-corrected chi connectivity index (χ3v) is 3.54. The summed E-state index contributed by atoms with van der Waals surface area (Å²) in [6.07, 6.45) is 0. The summed E-state index contributed by atoms with van der Waals surface area (Å²) < 4.78 is 5.72. The zero-order valence-corrected chi connectivity index (χ0v) is 12.9. The molecule has 2 amide bonds. The molecule has 0 aliphatic carbocycles. The van der Waals surface area contributed by atoms with Crippen molar-refractivity contribution in [2.75, 3.05) is 19.7 Å². The van der Waals surface area contributed by atoms with Gasteiger partial charge in [-0.25, -0.2) is 4.79 Å². The van der Waals surface area contributed by atoms with Gasteiger partial charge >= 0.3 is 6.03 Å². The molecule has 114 valence electrons. The Morgan fingerprint density at radius 3 is 2.90 bits per heavy atom. The van der Waals surface area contributed by atoms with Crippen LogP contribution in [0.25, 0.3) is 11.0 Å². The van der Waals surface area contributed by atoms with E-state index in [0.29, 0.717) is 23.9 Å². The fourth-order valence-electron chi connectivity index (χ4n) is 2.12. The number of aliphatic hydroxyl groups is 1. The first-order valence-corrected chi connectivity index (χ1v) is 7.28. The summed E-state index contributed by atoms with van der Waals surface area (Å²) in [4.78, 5) is 13.6. The number of furan rings is 1. The van der Waals surface area contributed by atoms with E-state index in [0.717, 1.165) is 11.0 Å². The van der Waals surface area contributed by atoms with Gasteiger partial charge in [0, 0.05) is 23.5 Å². The number of carbonyl (C=O) groups excluding carboxylic acids is 1. The van der Waals surface area contributed by atoms with E-state index in [1.165, 1.54) is 4.90 Å². The summed E-state index contributed by atoms with van der Waals surface area (Å²) in [5.74, 6) is 0.667. The Morgan fingerprint density at radius 1 is 1.48 bits per heavy atom. The predicted molar refractivity (Wildman–Crippen MR) is 82.5 cm³/mol. The number of amides is 2. The van der Waals surface area contributed by atoms with E-state index in [-0.39, 0.29) is 18.7 Å². The number of nitrogens with one attached hydrogen (secondary N) is 1. The Labute approximate surface area is 128 Å². The lowest BCUT2D eigenvalue weighted by Crippen LogP contribution is -2.42. The molecule has 1 unspecified atom stereocenters. The van der Waals surface area contributed by atoms with E-state index in [2.05, 4.69) is 5.32 Å². The number of hydrogen-bond acceptors (Lipinski definition) is 3. The van der Waals surface area contributed by atoms with Crippen molar-refractivity contribution in [3.8, 4) is 0 Å². The molecule has 21 heavy (non-hydrogen) atoms. The molecular formula is C15H19ClN2O3. The molecule has 2 rings (SSSR count). The van der Waals surface area contributed by atoms with Crippen molar-refractivity contribution in [3.05, 3.63) is 35.0 Å². The first-order chi connectivity index (χ1) is 10.0. The van der Waals surface area contributed by atoms with Gasteiger partial charge < -0.3 is 19.7 Å². The topological polar surface area (TPSA) is 65.7 Å². The Morgan fingerprint density at radius 2 is 2.24 bits per heavy atom. The van der Waals surface area contributed by atoms with Crippen LogP contribution in [0.2, 0.25) is 5.02 Å². The zero-order valence-electron chi connectivity index (χ0n) is 12.1. The van der Waals surface area contributed by atoms with Crippen molar-refractivity contribution >= 4 is 28.6 Å². The maximum atomic E-state index is 12.1. The highest BCUT2D eigenvalue weighted by atomic mass is 35.5. The van der Waals surface area contributed by atoms with Crippen molar-refractivity contribution in [2.45, 2.75) is 19.9 Å². The molecule has 6 heteroatoms. The first-order valence-electron chi connectivity index (χ1n) is 6.90. The summed E-state index contributed by atoms with van der Waals surface area (Å²) >= 11 is 5.95. The van der Waals surface area contributed by atoms with Crippen LogP contribution < -0.4 is 5.32 Å². The van der Waals surface area contributed by atoms with Gasteiger partial charge in [-0.15, -0.1) is 0 Å². The number of benzene rings is 1. The number of hydrogen-bond donors (Lipinski definition) is 2. The van der Waals surface area contributed by atoms with Gasteiger partial charge in [0.05, 0.1) is 12.6 Å². The summed E-state index contributed by atoms with van der Waals surface area (Å²) in [5, 5.41) is 13.3. The van der Waals surface area contributed by atoms with Crippen LogP contribution >= 0.6 is 11.6 Å². The molecule has 0 spiro atoms. The second-order valence-electron chi connectivity index (χ2n) is 4.81. The summed E-state index contributed by atoms with van der Waals surface area (Å²) in [6.45, 7) is 4.51. The van der Waals surface area contributed by atoms with Crippen molar-refractivity contribution in [1.29, 1.82) is 0 Å². The van der Waals surface area contributed by atoms with Gasteiger partial charge in [-0.05, 0) is 38.1 Å². The Kier molecular flexibility index (Phi) is 5.09. The number of aliphatic hydroxyl groups excluding tert-OH is 1. The van der Waals surface area contributed by atoms with Gasteiger partial charge in [0.15, 0.2) is 0 Å². The van der Waals surface area contributed by atoms with Crippen LogP contribution in [0.15, 0.2) is 28.7 Å². The summed E-state index contributed by atoms with van der Waals surface area (Å²) in [7, 11) is 0. The second-order valence-corrected chi connectivity index (χ2v) is 5.24. The maximum Gasteiger partial charge on any atom is 0.318 e. The summed E-state index contributed by atoms with van der Waals surface area (Å²) in [5.41, 5.74) is 0.734. The predicted octanol–water partition coefficient (Wildman–Crippen LogP) is 3.17. The number of rotatable bonds is 5. The van der Waals surface area contributed by atoms with Crippen molar-refractivity contribution < 1.29 is 14.3 Å². The van der Waals surface area contributed by atoms with Crippen LogP contribution in [0.5, 0.6) is 0 Å². The fourth-order valence-corrected chi connectivity index (χ4v) is 2.30. The van der Waals surface area contributed by atoms with E-state index >= 15 is 0 Å². The normalized spacial score (nSPS) is 12.4. The van der Waals surface area contributed by atoms with Crippen molar-refractivity contribution in [3.63, 3.8) is 0 Å². The number of fused-ring (bicyclic) bond motifs is 1. The lowest BCUT2D eigenvalue weighted by Gasteiger charge is -2.22. The molecule has 0 saturated carbocycles. The van der Waals surface area contributed by atoms with Gasteiger partial charge in [0.25, 0.3) is 0 Å². The van der Waals surface area contributed by atoms with Crippen molar-refractivity contribution in [1.82, 2.24) is 10.2 Å². The molecule has 0 saturated heterocycles. The quantitative estimate of drug-likeness (QED) is 0.891. The van der Waals surface area contributed by atoms with Gasteiger partial charge in [-0.1, -0.05) is 11.6 Å². The molecule has 2 N–H and O–H groups in total. The second kappa shape index (κ2) is 6.83. The number of urea groups is 1. The molecule has 5 nitrogen and oxygen atoms in total. The van der Waals surface area contributed by atoms with Gasteiger partial charge in [-0.3, -0.25) is 0 Å². The molecular weight excluding hydrogens is 292 g/mol. The molecule has 1 aromatic heterocycles. The van der Waals surface area contributed by atoms with Crippen LogP contribution in [0.4, 0.5) is 4.79 Å². The molecule has 2 aromatic rings. The van der Waals surface area contributed by atoms with Gasteiger partial charge in [0.1, 0.15) is 11.3 Å². The largest absolute Gasteiger partial charge is 0.459 e. The number of carbonyl (C=O) groups is 1. The SMILES string of the molecule is CCN(CCO)C(=O)NC(C)c1cc2cc(Cl)ccc2o1. The lowest BCUT2D eigenvalue weighted by molar-refractivity contribution is 0.177. The number of likely N-dealkylation sites (N-methyl/N-ethyl adjacent to an activating group) is 1. The minimum absolute atomic E-state index is 0.0568. The Bertz CT molecular complexity index is 626. The number of nitrogens with zero attached hydrogens (tertiary/aromatic N) is 1. The number of halogens is 1. The average molecular weight is 311 g/mol. The van der Waals surface area contributed by atoms with Crippen LogP contribution in [0.3, 0.4) is 0 Å². The highest BCUT2D eigenvalue weighted by Crippen LogP contribution is 2.26. The third-order valence-electron chi connectivity index (χ3n) is 3.30. The van der Waals surface area contributed by atoms with Crippen LogP contribution in [-0.4, -0.2) is 35.7 Å². The lowest BCUT2D eigenvalue weighted by atomic mass is 10.2. The van der Waals surface area contributed by atoms with E-state index in [9.17, 15) is 4.79 Å². The molecule has 1 aromatic carbocycles. The molecule has 0 aliphatic heterocycles. The third kappa shape index (κ3) is 3.68. The highest BCUT2D eigenvalue weighted by Gasteiger charge is 2.17. The van der Waals surface area contributed by atoms with Crippen molar-refractivity contribution in [2.24, 2.45) is 0 Å². The molecule has 0 aliphatic rings. The minimum atomic E-state index is -0.267. The van der Waals surface area contributed by atoms with E-state index < -0.39 is 0 Å². The Hall–Kier alpha value is -1.72. The fraction of sp³-hybridized carbons (Fsp3) is 0.400. The van der Waals surface area contributed by atoms with Crippen LogP contribution in [-0.2, 0) is 0 Å². The van der Waals surface area contributed by atoms with E-state index in [1.807, 2.05) is 26.0 Å². The smallest absolute Gasteiger partial charge is 0.318 e.